The Hall–Kier alpha value is -0.900. The van der Waals surface area contributed by atoms with Crippen molar-refractivity contribution >= 4 is 17.9 Å². The summed E-state index contributed by atoms with van der Waals surface area (Å²) >= 11 is 5.76. The van der Waals surface area contributed by atoms with Crippen molar-refractivity contribution in [1.29, 1.82) is 0 Å². The van der Waals surface area contributed by atoms with Crippen LogP contribution >= 0.6 is 11.6 Å². The molecule has 1 rings (SSSR count). The van der Waals surface area contributed by atoms with Crippen LogP contribution in [0.1, 0.15) is 11.6 Å². The Balaban J connectivity index is 2.84. The monoisotopic (exact) mass is 199 g/mol. The number of rotatable bonds is 4. The van der Waals surface area contributed by atoms with Gasteiger partial charge in [-0.3, -0.25) is 0 Å². The van der Waals surface area contributed by atoms with E-state index < -0.39 is 6.04 Å². The number of halogens is 1. The van der Waals surface area contributed by atoms with Crippen LogP contribution in [0.2, 0.25) is 5.02 Å². The molecule has 0 aromatic heterocycles. The van der Waals surface area contributed by atoms with Gasteiger partial charge in [0, 0.05) is 5.02 Å². The van der Waals surface area contributed by atoms with Crippen LogP contribution in [0.3, 0.4) is 0 Å². The third-order valence-electron chi connectivity index (χ3n) is 1.59. The van der Waals surface area contributed by atoms with E-state index in [4.69, 9.17) is 11.6 Å². The molecule has 0 saturated heterocycles. The fourth-order valence-corrected chi connectivity index (χ4v) is 1.20. The summed E-state index contributed by atoms with van der Waals surface area (Å²) in [5.41, 5.74) is 3.33. The zero-order chi connectivity index (χ0) is 9.68. The number of carbonyl (C=O) groups is 1. The molecule has 70 valence electrons. The summed E-state index contributed by atoms with van der Waals surface area (Å²) < 4.78 is 0. The van der Waals surface area contributed by atoms with Crippen molar-refractivity contribution in [1.82, 2.24) is 5.48 Å². The van der Waals surface area contributed by atoms with Crippen molar-refractivity contribution in [3.05, 3.63) is 34.9 Å². The molecule has 3 nitrogen and oxygen atoms in total. The minimum atomic E-state index is -0.469. The first-order valence-corrected chi connectivity index (χ1v) is 4.15. The van der Waals surface area contributed by atoms with E-state index in [1.54, 1.807) is 24.3 Å². The third-order valence-corrected chi connectivity index (χ3v) is 1.82. The number of carbonyl (C=O) groups excluding carboxylic acids is 1. The maximum Gasteiger partial charge on any atom is 0.143 e. The molecule has 1 unspecified atom stereocenters. The quantitative estimate of drug-likeness (QED) is 0.593. The van der Waals surface area contributed by atoms with Crippen molar-refractivity contribution < 1.29 is 9.63 Å². The summed E-state index contributed by atoms with van der Waals surface area (Å²) in [6.45, 7) is 0. The van der Waals surface area contributed by atoms with E-state index in [2.05, 4.69) is 10.3 Å². The van der Waals surface area contributed by atoms with Crippen molar-refractivity contribution in [2.45, 2.75) is 6.04 Å². The molecule has 0 saturated carbocycles. The van der Waals surface area contributed by atoms with Crippen LogP contribution in [-0.2, 0) is 9.63 Å². The Morgan fingerprint density at radius 1 is 1.62 bits per heavy atom. The second-order valence-electron chi connectivity index (χ2n) is 2.49. The maximum absolute atomic E-state index is 10.6. The Bertz CT molecular complexity index is 291. The van der Waals surface area contributed by atoms with Crippen LogP contribution in [0.25, 0.3) is 0 Å². The highest BCUT2D eigenvalue weighted by Crippen LogP contribution is 2.16. The summed E-state index contributed by atoms with van der Waals surface area (Å²) in [6.07, 6.45) is 0.759. The lowest BCUT2D eigenvalue weighted by Crippen LogP contribution is -2.20. The molecule has 0 heterocycles. The highest BCUT2D eigenvalue weighted by atomic mass is 35.5. The molecule has 0 bridgehead atoms. The van der Waals surface area contributed by atoms with Gasteiger partial charge in [0.1, 0.15) is 12.3 Å². The van der Waals surface area contributed by atoms with E-state index in [0.717, 1.165) is 11.8 Å². The highest BCUT2D eigenvalue weighted by molar-refractivity contribution is 6.30. The fourth-order valence-electron chi connectivity index (χ4n) is 1.00. The van der Waals surface area contributed by atoms with Gasteiger partial charge in [-0.25, -0.2) is 0 Å². The number of nitrogens with one attached hydrogen (secondary N) is 1. The van der Waals surface area contributed by atoms with E-state index in [-0.39, 0.29) is 0 Å². The van der Waals surface area contributed by atoms with Crippen LogP contribution in [0, 0.1) is 0 Å². The standard InChI is InChI=1S/C9H10ClNO2/c1-13-11-9(6-12)7-3-2-4-8(10)5-7/h2-6,9,11H,1H3. The summed E-state index contributed by atoms with van der Waals surface area (Å²) in [5.74, 6) is 0. The van der Waals surface area contributed by atoms with Crippen LogP contribution in [0.15, 0.2) is 24.3 Å². The van der Waals surface area contributed by atoms with Gasteiger partial charge in [0.15, 0.2) is 0 Å². The van der Waals surface area contributed by atoms with Gasteiger partial charge in [0.2, 0.25) is 0 Å². The van der Waals surface area contributed by atoms with Crippen molar-refractivity contribution in [2.24, 2.45) is 0 Å². The zero-order valence-corrected chi connectivity index (χ0v) is 7.91. The molecule has 0 aliphatic carbocycles. The lowest BCUT2D eigenvalue weighted by molar-refractivity contribution is -0.112. The first kappa shape index (κ1) is 10.2. The summed E-state index contributed by atoms with van der Waals surface area (Å²) in [4.78, 5) is 15.3. The van der Waals surface area contributed by atoms with Gasteiger partial charge in [0.25, 0.3) is 0 Å². The third kappa shape index (κ3) is 2.81. The van der Waals surface area contributed by atoms with E-state index in [0.29, 0.717) is 5.02 Å². The molecule has 1 N–H and O–H groups in total. The average Bonchev–Trinajstić information content (AvgIpc) is 2.14. The summed E-state index contributed by atoms with van der Waals surface area (Å²) in [5, 5.41) is 0.599. The van der Waals surface area contributed by atoms with Gasteiger partial charge in [0.05, 0.1) is 7.11 Å². The second kappa shape index (κ2) is 4.97. The molecule has 1 atom stereocenters. The predicted octanol–water partition coefficient (Wildman–Crippen LogP) is 1.73. The second-order valence-corrected chi connectivity index (χ2v) is 2.93. The molecular formula is C9H10ClNO2. The van der Waals surface area contributed by atoms with Gasteiger partial charge in [-0.2, -0.15) is 5.48 Å². The van der Waals surface area contributed by atoms with Gasteiger partial charge < -0.3 is 9.63 Å². The lowest BCUT2D eigenvalue weighted by Gasteiger charge is -2.10. The van der Waals surface area contributed by atoms with Gasteiger partial charge >= 0.3 is 0 Å². The number of benzene rings is 1. The molecule has 1 aromatic carbocycles. The van der Waals surface area contributed by atoms with E-state index in [9.17, 15) is 4.79 Å². The summed E-state index contributed by atoms with van der Waals surface area (Å²) in [7, 11) is 1.46. The van der Waals surface area contributed by atoms with Crippen molar-refractivity contribution in [3.8, 4) is 0 Å². The Kier molecular flexibility index (Phi) is 3.89. The molecule has 0 aliphatic rings. The van der Waals surface area contributed by atoms with Crippen LogP contribution < -0.4 is 5.48 Å². The average molecular weight is 200 g/mol. The number of hydrogen-bond donors (Lipinski definition) is 1. The van der Waals surface area contributed by atoms with Gasteiger partial charge in [-0.1, -0.05) is 23.7 Å². The molecule has 0 amide bonds. The van der Waals surface area contributed by atoms with Crippen LogP contribution in [0.4, 0.5) is 0 Å². The molecule has 1 aromatic rings. The van der Waals surface area contributed by atoms with Crippen molar-refractivity contribution in [2.75, 3.05) is 7.11 Å². The molecule has 0 radical (unpaired) electrons. The largest absolute Gasteiger partial charge is 0.304 e. The van der Waals surface area contributed by atoms with E-state index in [1.165, 1.54) is 7.11 Å². The smallest absolute Gasteiger partial charge is 0.143 e. The van der Waals surface area contributed by atoms with Crippen LogP contribution in [-0.4, -0.2) is 13.4 Å². The molecule has 4 heteroatoms. The highest BCUT2D eigenvalue weighted by Gasteiger charge is 2.08. The molecule has 0 spiro atoms. The topological polar surface area (TPSA) is 38.3 Å². The Labute approximate surface area is 81.6 Å². The minimum Gasteiger partial charge on any atom is -0.304 e. The Morgan fingerprint density at radius 2 is 2.38 bits per heavy atom. The normalized spacial score (nSPS) is 12.5. The molecule has 0 aliphatic heterocycles. The molecule has 0 fully saturated rings. The zero-order valence-electron chi connectivity index (χ0n) is 7.16. The van der Waals surface area contributed by atoms with Crippen molar-refractivity contribution in [3.63, 3.8) is 0 Å². The number of hydroxylamine groups is 1. The number of hydrogen-bond acceptors (Lipinski definition) is 3. The first-order valence-electron chi connectivity index (χ1n) is 3.77. The van der Waals surface area contributed by atoms with Gasteiger partial charge in [-0.15, -0.1) is 0 Å². The lowest BCUT2D eigenvalue weighted by atomic mass is 10.1. The van der Waals surface area contributed by atoms with Crippen LogP contribution in [0.5, 0.6) is 0 Å². The maximum atomic E-state index is 10.6. The minimum absolute atomic E-state index is 0.469. The molecular weight excluding hydrogens is 190 g/mol. The number of aldehydes is 1. The van der Waals surface area contributed by atoms with Gasteiger partial charge in [-0.05, 0) is 17.7 Å². The Morgan fingerprint density at radius 3 is 2.92 bits per heavy atom. The SMILES string of the molecule is CONC(C=O)c1cccc(Cl)c1. The fraction of sp³-hybridized carbons (Fsp3) is 0.222. The van der Waals surface area contributed by atoms with E-state index in [1.807, 2.05) is 0 Å². The summed E-state index contributed by atoms with van der Waals surface area (Å²) in [6, 6.07) is 6.58. The first-order chi connectivity index (χ1) is 6.27. The molecule has 13 heavy (non-hydrogen) atoms. The van der Waals surface area contributed by atoms with E-state index >= 15 is 0 Å². The predicted molar refractivity (Wildman–Crippen MR) is 50.4 cm³/mol.